The Hall–Kier alpha value is -0.600. The SMILES string of the molecule is C1=C2C=C2C2CNNC12. The third-order valence-corrected chi connectivity index (χ3v) is 2.34. The molecular formula is C7H8N2. The molecule has 0 radical (unpaired) electrons. The summed E-state index contributed by atoms with van der Waals surface area (Å²) < 4.78 is 0. The molecule has 3 aliphatic rings. The van der Waals surface area contributed by atoms with Gasteiger partial charge >= 0.3 is 0 Å². The second kappa shape index (κ2) is 1.13. The van der Waals surface area contributed by atoms with Crippen LogP contribution >= 0.6 is 0 Å². The van der Waals surface area contributed by atoms with Gasteiger partial charge in [-0.1, -0.05) is 12.2 Å². The second-order valence-electron chi connectivity index (χ2n) is 2.88. The first-order chi connectivity index (χ1) is 4.45. The monoisotopic (exact) mass is 120 g/mol. The van der Waals surface area contributed by atoms with Crippen LogP contribution in [0.25, 0.3) is 0 Å². The van der Waals surface area contributed by atoms with Crippen LogP contribution in [0.15, 0.2) is 23.3 Å². The van der Waals surface area contributed by atoms with E-state index >= 15 is 0 Å². The fourth-order valence-corrected chi connectivity index (χ4v) is 1.77. The number of rotatable bonds is 0. The van der Waals surface area contributed by atoms with Crippen molar-refractivity contribution in [2.45, 2.75) is 6.04 Å². The molecule has 1 fully saturated rings. The van der Waals surface area contributed by atoms with E-state index < -0.39 is 0 Å². The Bertz CT molecular complexity index is 227. The zero-order valence-corrected chi connectivity index (χ0v) is 5.02. The van der Waals surface area contributed by atoms with E-state index in [1.54, 1.807) is 5.57 Å². The molecule has 2 heteroatoms. The van der Waals surface area contributed by atoms with Crippen LogP contribution in [-0.2, 0) is 0 Å². The van der Waals surface area contributed by atoms with Crippen molar-refractivity contribution in [1.29, 1.82) is 0 Å². The zero-order chi connectivity index (χ0) is 5.84. The Balaban J connectivity index is 2.04. The predicted octanol–water partition coefficient (Wildman–Crippen LogP) is -0.0410. The molecule has 0 spiro atoms. The lowest BCUT2D eigenvalue weighted by Crippen LogP contribution is -2.28. The molecule has 0 aromatic heterocycles. The highest BCUT2D eigenvalue weighted by molar-refractivity contribution is 5.64. The van der Waals surface area contributed by atoms with Crippen molar-refractivity contribution < 1.29 is 0 Å². The Labute approximate surface area is 53.6 Å². The van der Waals surface area contributed by atoms with Crippen molar-refractivity contribution in [1.82, 2.24) is 10.9 Å². The van der Waals surface area contributed by atoms with Crippen molar-refractivity contribution >= 4 is 0 Å². The number of hydrogen-bond acceptors (Lipinski definition) is 2. The molecule has 0 aromatic carbocycles. The van der Waals surface area contributed by atoms with Gasteiger partial charge in [-0.2, -0.15) is 0 Å². The number of hydrogen-bond donors (Lipinski definition) is 2. The summed E-state index contributed by atoms with van der Waals surface area (Å²) in [5, 5.41) is 0. The molecule has 9 heavy (non-hydrogen) atoms. The molecular weight excluding hydrogens is 112 g/mol. The van der Waals surface area contributed by atoms with Gasteiger partial charge < -0.3 is 0 Å². The number of hydrazine groups is 1. The summed E-state index contributed by atoms with van der Waals surface area (Å²) in [5.74, 6) is 0.764. The van der Waals surface area contributed by atoms with Gasteiger partial charge in [0.2, 0.25) is 0 Å². The molecule has 2 nitrogen and oxygen atoms in total. The van der Waals surface area contributed by atoms with E-state index in [0.29, 0.717) is 6.04 Å². The Morgan fingerprint density at radius 2 is 2.56 bits per heavy atom. The molecule has 2 unspecified atom stereocenters. The van der Waals surface area contributed by atoms with Crippen LogP contribution in [0.4, 0.5) is 0 Å². The second-order valence-corrected chi connectivity index (χ2v) is 2.88. The summed E-state index contributed by atoms with van der Waals surface area (Å²) in [6.07, 6.45) is 4.58. The van der Waals surface area contributed by atoms with Crippen LogP contribution in [0.5, 0.6) is 0 Å². The first kappa shape index (κ1) is 4.25. The average molecular weight is 120 g/mol. The van der Waals surface area contributed by atoms with Crippen molar-refractivity contribution in [2.75, 3.05) is 6.54 Å². The van der Waals surface area contributed by atoms with E-state index in [-0.39, 0.29) is 0 Å². The molecule has 1 aliphatic heterocycles. The lowest BCUT2D eigenvalue weighted by molar-refractivity contribution is 0.612. The molecule has 1 saturated heterocycles. The van der Waals surface area contributed by atoms with Gasteiger partial charge in [-0.3, -0.25) is 10.9 Å². The van der Waals surface area contributed by atoms with Gasteiger partial charge in [0.15, 0.2) is 0 Å². The fourth-order valence-electron chi connectivity index (χ4n) is 1.77. The van der Waals surface area contributed by atoms with Gasteiger partial charge in [0.1, 0.15) is 0 Å². The van der Waals surface area contributed by atoms with Gasteiger partial charge in [0.05, 0.1) is 0 Å². The van der Waals surface area contributed by atoms with Crippen LogP contribution in [0, 0.1) is 5.92 Å². The molecule has 0 saturated carbocycles. The van der Waals surface area contributed by atoms with E-state index in [9.17, 15) is 0 Å². The van der Waals surface area contributed by atoms with E-state index in [4.69, 9.17) is 0 Å². The summed E-state index contributed by atoms with van der Waals surface area (Å²) in [6, 6.07) is 0.611. The largest absolute Gasteiger partial charge is 0.257 e. The molecule has 0 aromatic rings. The molecule has 0 bridgehead atoms. The maximum atomic E-state index is 3.21. The van der Waals surface area contributed by atoms with Crippen LogP contribution < -0.4 is 10.9 Å². The normalized spacial score (nSPS) is 43.6. The van der Waals surface area contributed by atoms with Crippen LogP contribution in [0.1, 0.15) is 0 Å². The predicted molar refractivity (Wildman–Crippen MR) is 34.6 cm³/mol. The average Bonchev–Trinajstić information content (AvgIpc) is 2.38. The Kier molecular flexibility index (Phi) is 0.533. The zero-order valence-electron chi connectivity index (χ0n) is 5.02. The molecule has 46 valence electrons. The first-order valence-electron chi connectivity index (χ1n) is 3.37. The van der Waals surface area contributed by atoms with E-state index in [2.05, 4.69) is 23.0 Å². The minimum Gasteiger partial charge on any atom is -0.257 e. The van der Waals surface area contributed by atoms with Gasteiger partial charge in [-0.05, 0) is 11.1 Å². The quantitative estimate of drug-likeness (QED) is 0.468. The van der Waals surface area contributed by atoms with Crippen LogP contribution in [0.3, 0.4) is 0 Å². The molecule has 2 N–H and O–H groups in total. The van der Waals surface area contributed by atoms with Crippen LogP contribution in [0.2, 0.25) is 0 Å². The fraction of sp³-hybridized carbons (Fsp3) is 0.429. The maximum Gasteiger partial charge on any atom is 0.0483 e. The molecule has 0 amide bonds. The summed E-state index contributed by atoms with van der Waals surface area (Å²) >= 11 is 0. The van der Waals surface area contributed by atoms with Crippen molar-refractivity contribution in [3.63, 3.8) is 0 Å². The topological polar surface area (TPSA) is 24.1 Å². The van der Waals surface area contributed by atoms with Gasteiger partial charge in [0, 0.05) is 18.5 Å². The standard InChI is InChI=1S/C7H8N2/c1-4-2-7-6(5(1)4)3-8-9-7/h1-2,6-9H,3H2. The lowest BCUT2D eigenvalue weighted by atomic mass is 10.0. The molecule has 3 rings (SSSR count). The highest BCUT2D eigenvalue weighted by atomic mass is 15.4. The Morgan fingerprint density at radius 1 is 1.56 bits per heavy atom. The highest BCUT2D eigenvalue weighted by Crippen LogP contribution is 2.44. The summed E-state index contributed by atoms with van der Waals surface area (Å²) in [5.41, 5.74) is 9.44. The van der Waals surface area contributed by atoms with Crippen molar-refractivity contribution in [3.8, 4) is 0 Å². The van der Waals surface area contributed by atoms with E-state index in [1.807, 2.05) is 0 Å². The Morgan fingerprint density at radius 3 is 3.44 bits per heavy atom. The maximum absolute atomic E-state index is 3.21. The smallest absolute Gasteiger partial charge is 0.0483 e. The minimum atomic E-state index is 0.611. The summed E-state index contributed by atoms with van der Waals surface area (Å²) in [6.45, 7) is 1.11. The van der Waals surface area contributed by atoms with Gasteiger partial charge in [-0.25, -0.2) is 0 Å². The van der Waals surface area contributed by atoms with E-state index in [0.717, 1.165) is 12.5 Å². The molecule has 1 heterocycles. The lowest BCUT2D eigenvalue weighted by Gasteiger charge is -2.03. The molecule has 2 atom stereocenters. The van der Waals surface area contributed by atoms with Crippen molar-refractivity contribution in [3.05, 3.63) is 23.3 Å². The minimum absolute atomic E-state index is 0.611. The number of fused-ring (bicyclic) bond motifs is 3. The summed E-state index contributed by atoms with van der Waals surface area (Å²) in [4.78, 5) is 0. The van der Waals surface area contributed by atoms with Gasteiger partial charge in [-0.15, -0.1) is 0 Å². The first-order valence-corrected chi connectivity index (χ1v) is 3.37. The summed E-state index contributed by atoms with van der Waals surface area (Å²) in [7, 11) is 0. The third-order valence-electron chi connectivity index (χ3n) is 2.34. The number of allylic oxidation sites excluding steroid dienone is 2. The molecule has 2 aliphatic carbocycles. The van der Waals surface area contributed by atoms with Gasteiger partial charge in [0.25, 0.3) is 0 Å². The third kappa shape index (κ3) is 0.394. The van der Waals surface area contributed by atoms with Crippen molar-refractivity contribution in [2.24, 2.45) is 5.92 Å². The van der Waals surface area contributed by atoms with Crippen LogP contribution in [-0.4, -0.2) is 12.6 Å². The number of nitrogens with one attached hydrogen (secondary N) is 2. The van der Waals surface area contributed by atoms with E-state index in [1.165, 1.54) is 5.57 Å². The highest BCUT2D eigenvalue weighted by Gasteiger charge is 2.40.